The average Bonchev–Trinajstić information content (AvgIpc) is 3.46. The van der Waals surface area contributed by atoms with E-state index in [1.807, 2.05) is 81.4 Å². The van der Waals surface area contributed by atoms with Crippen molar-refractivity contribution in [2.75, 3.05) is 17.2 Å². The predicted molar refractivity (Wildman–Crippen MR) is 306 cm³/mol. The van der Waals surface area contributed by atoms with Gasteiger partial charge in [-0.3, -0.25) is 50.7 Å². The van der Waals surface area contributed by atoms with Crippen LogP contribution in [0, 0.1) is 42.5 Å². The smallest absolute Gasteiger partial charge is 0.784 e. The Morgan fingerprint density at radius 3 is 1.23 bits per heavy atom. The number of nitroso groups, excluding NO2 is 1. The van der Waals surface area contributed by atoms with Crippen molar-refractivity contribution < 1.29 is 171 Å². The van der Waals surface area contributed by atoms with Gasteiger partial charge in [0.05, 0.1) is 41.9 Å². The Bertz CT molecular complexity index is 2440. The van der Waals surface area contributed by atoms with E-state index in [0.717, 1.165) is 31.3 Å². The van der Waals surface area contributed by atoms with E-state index in [1.165, 1.54) is 58.2 Å². The maximum absolute atomic E-state index is 10.5. The number of guanidine groups is 1. The van der Waals surface area contributed by atoms with Crippen molar-refractivity contribution >= 4 is 73.3 Å². The number of hydrogen-bond donors (Lipinski definition) is 7. The molecule has 0 amide bonds. The van der Waals surface area contributed by atoms with Crippen molar-refractivity contribution in [3.05, 3.63) is 134 Å². The first kappa shape index (κ1) is 103. The molecule has 0 atom stereocenters. The zero-order chi connectivity index (χ0) is 52.6. The van der Waals surface area contributed by atoms with Crippen LogP contribution in [-0.4, -0.2) is 113 Å². The van der Waals surface area contributed by atoms with Gasteiger partial charge in [-0.05, 0) is 82.1 Å². The number of anilines is 4. The Hall–Kier alpha value is -4.10. The molecule has 0 spiro atoms. The Morgan fingerprint density at radius 1 is 0.772 bits per heavy atom. The summed E-state index contributed by atoms with van der Waals surface area (Å²) >= 11 is -3.11. The molecular formula is C48H87K2N11O16S2. The number of nitro benzene ring substituents is 2. The fourth-order valence-corrected chi connectivity index (χ4v) is 4.74. The second kappa shape index (κ2) is 50.8. The third-order valence-electron chi connectivity index (χ3n) is 8.61. The number of hydroxylamine groups is 5. The standard InChI is InChI=1S/C12H9N3O5.C12H11NO.C10H19N2O2.C5H10N4O.9CH4.2K.HNO4S.H2O3S.H2/c16-13(9-1-5-11(6-2-9)14(17)18)10-3-7-12(8-4-10)15(19)20;14-13(11-7-3-1-4-8-11)12-9-5-2-6-10-12;1-6-8-12(14)9(7-2)10(3,4)11(5)13;1-5(2)3(6)8-4(7)9(5)10;;;;;;;;;;;;2-1-6(3,4)5;1-4(2)3;/h1-8,16H;1-10,14H;13-14H,7H2,1-5H3;10H,1-2H3,(H3,6,7,8);9*1H4;;;(H,3,4,5);(H2,1,2,3);1H/q;;+1;;;;;;;;;;;2*+1;;;/p-3/b;;12-9-;;;;;;;;;;;;;;;. The molecular weight excluding hydrogens is 1130 g/mol. The number of nitrogens with two attached hydrogens (primary N) is 1. The molecule has 0 bridgehead atoms. The first-order valence-corrected chi connectivity index (χ1v) is 21.1. The second-order valence-electron chi connectivity index (χ2n) is 13.8. The van der Waals surface area contributed by atoms with Crippen molar-refractivity contribution in [1.82, 2.24) is 10.1 Å². The van der Waals surface area contributed by atoms with E-state index < -0.39 is 42.6 Å². The first-order valence-electron chi connectivity index (χ1n) is 18.8. The Morgan fingerprint density at radius 2 is 1.05 bits per heavy atom. The van der Waals surface area contributed by atoms with Crippen LogP contribution in [0.3, 0.4) is 0 Å². The molecule has 1 aliphatic rings. The van der Waals surface area contributed by atoms with E-state index in [2.05, 4.69) is 17.0 Å². The van der Waals surface area contributed by atoms with Crippen molar-refractivity contribution in [3.8, 4) is 12.0 Å². The molecule has 0 fully saturated rings. The maximum atomic E-state index is 10.5. The monoisotopic (exact) mass is 1220 g/mol. The molecule has 8 N–H and O–H groups in total. The van der Waals surface area contributed by atoms with Gasteiger partial charge >= 0.3 is 103 Å². The average molecular weight is 1220 g/mol. The van der Waals surface area contributed by atoms with Gasteiger partial charge in [-0.25, -0.2) is 23.6 Å². The summed E-state index contributed by atoms with van der Waals surface area (Å²) in [5, 5.41) is 79.7. The van der Waals surface area contributed by atoms with Gasteiger partial charge < -0.3 is 24.6 Å². The predicted octanol–water partition coefficient (Wildman–Crippen LogP) is 5.51. The summed E-state index contributed by atoms with van der Waals surface area (Å²) in [6.45, 7) is 10.5. The summed E-state index contributed by atoms with van der Waals surface area (Å²) in [6, 6.07) is 31.9. The minimum atomic E-state index is -4.84. The van der Waals surface area contributed by atoms with Crippen LogP contribution in [0.15, 0.2) is 119 Å². The summed E-state index contributed by atoms with van der Waals surface area (Å²) in [5.41, 5.74) is 6.66. The molecule has 5 rings (SSSR count). The Balaban J connectivity index is -0.0000000624. The van der Waals surface area contributed by atoms with Crippen LogP contribution in [0.1, 0.15) is 116 Å². The molecule has 4 aromatic carbocycles. The van der Waals surface area contributed by atoms with Gasteiger partial charge in [0.2, 0.25) is 22.0 Å². The van der Waals surface area contributed by atoms with Gasteiger partial charge in [0.15, 0.2) is 0 Å². The topological polar surface area (TPSA) is 415 Å². The van der Waals surface area contributed by atoms with Crippen LogP contribution >= 0.6 is 0 Å². The quantitative estimate of drug-likeness (QED) is 0.00879. The minimum Gasteiger partial charge on any atom is -0.784 e. The van der Waals surface area contributed by atoms with E-state index >= 15 is 0 Å². The minimum absolute atomic E-state index is 0. The van der Waals surface area contributed by atoms with Gasteiger partial charge in [0.25, 0.3) is 17.4 Å². The third kappa shape index (κ3) is 38.3. The molecule has 0 radical (unpaired) electrons. The number of aliphatic imine (C=N–C) groups is 1. The molecule has 0 saturated carbocycles. The molecule has 0 unspecified atom stereocenters. The number of hydrogen-bond acceptors (Lipinski definition) is 21. The van der Waals surface area contributed by atoms with Crippen LogP contribution in [0.2, 0.25) is 0 Å². The van der Waals surface area contributed by atoms with Gasteiger partial charge in [-0.2, -0.15) is 10.1 Å². The molecule has 4 aromatic rings. The van der Waals surface area contributed by atoms with E-state index in [-0.39, 0.29) is 194 Å². The van der Waals surface area contributed by atoms with Crippen molar-refractivity contribution in [2.45, 2.75) is 126 Å². The SMILES string of the molecule is C.C.C.C.C.C.C.C.C.CC#C/[N+](O)=C(\CC)C(C)(C)N(C)O.CC1(C)C(N)=NC(=N)N1O.O=NS(=O)(=O)[O-].O=S([O-])[O-].O=[N+]([O-])c1ccc(N(O)c2ccc([N+](=O)[O-])cc2)cc1.ON(c1ccccc1)c1ccccc1.[HH].[K+].[K+]. The third-order valence-corrected chi connectivity index (χ3v) is 8.79. The van der Waals surface area contributed by atoms with Crippen molar-refractivity contribution in [2.24, 2.45) is 15.3 Å². The number of nitrogens with one attached hydrogen (secondary N) is 1. The summed E-state index contributed by atoms with van der Waals surface area (Å²) in [5.74, 6) is 2.66. The number of para-hydroxylation sites is 2. The van der Waals surface area contributed by atoms with E-state index in [4.69, 9.17) is 47.5 Å². The van der Waals surface area contributed by atoms with E-state index in [9.17, 15) is 41.1 Å². The number of benzene rings is 4. The largest absolute Gasteiger partial charge is 1.00 e. The Kier molecular flexibility index (Phi) is 66.5. The molecule has 444 valence electrons. The summed E-state index contributed by atoms with van der Waals surface area (Å²) in [6.07, 6.45) is 0.614. The van der Waals surface area contributed by atoms with Crippen LogP contribution in [-0.2, 0) is 21.7 Å². The number of amidine groups is 1. The van der Waals surface area contributed by atoms with Crippen LogP contribution in [0.5, 0.6) is 0 Å². The Labute approximate surface area is 558 Å². The van der Waals surface area contributed by atoms with Crippen molar-refractivity contribution in [1.29, 1.82) is 5.41 Å². The fourth-order valence-electron chi connectivity index (χ4n) is 4.74. The van der Waals surface area contributed by atoms with Gasteiger partial charge in [0, 0.05) is 46.1 Å². The van der Waals surface area contributed by atoms with E-state index in [1.54, 1.807) is 27.8 Å². The van der Waals surface area contributed by atoms with Gasteiger partial charge in [-0.1, -0.05) is 110 Å². The van der Waals surface area contributed by atoms with E-state index in [0.29, 0.717) is 23.5 Å². The molecule has 0 aliphatic carbocycles. The molecule has 1 aliphatic heterocycles. The van der Waals surface area contributed by atoms with Gasteiger partial charge in [0.1, 0.15) is 16.9 Å². The molecule has 27 nitrogen and oxygen atoms in total. The second-order valence-corrected chi connectivity index (χ2v) is 15.2. The summed E-state index contributed by atoms with van der Waals surface area (Å²) in [7, 11) is -3.30. The van der Waals surface area contributed by atoms with Crippen LogP contribution in [0.25, 0.3) is 0 Å². The maximum Gasteiger partial charge on any atom is 1.00 e. The number of non-ortho nitro benzene ring substituents is 2. The zero-order valence-electron chi connectivity index (χ0n) is 39.2. The molecule has 0 saturated heterocycles. The van der Waals surface area contributed by atoms with Gasteiger partial charge in [-0.15, -0.1) is 16.3 Å². The molecule has 79 heavy (non-hydrogen) atoms. The molecule has 0 aromatic heterocycles. The summed E-state index contributed by atoms with van der Waals surface area (Å²) < 4.78 is 54.3. The van der Waals surface area contributed by atoms with Crippen LogP contribution < -0.4 is 119 Å². The van der Waals surface area contributed by atoms with Crippen LogP contribution in [0.4, 0.5) is 34.1 Å². The first-order chi connectivity index (χ1) is 31.5. The summed E-state index contributed by atoms with van der Waals surface area (Å²) in [4.78, 5) is 32.2. The molecule has 31 heteroatoms. The number of nitrogens with zero attached hydrogens (tertiary/aromatic N) is 9. The molecule has 1 heterocycles. The zero-order valence-corrected chi connectivity index (χ0v) is 47.1. The number of nitro groups is 2. The normalized spacial score (nSPS) is 10.9. The van der Waals surface area contributed by atoms with Crippen molar-refractivity contribution in [3.63, 3.8) is 0 Å². The number of rotatable bonds is 10. The fraction of sp³-hybridized carbons (Fsp3) is 0.396.